The summed E-state index contributed by atoms with van der Waals surface area (Å²) in [7, 11) is 1.67. The van der Waals surface area contributed by atoms with Crippen molar-refractivity contribution in [2.75, 3.05) is 19.0 Å². The fourth-order valence-electron chi connectivity index (χ4n) is 4.42. The van der Waals surface area contributed by atoms with Gasteiger partial charge in [-0.05, 0) is 50.3 Å². The van der Waals surface area contributed by atoms with Crippen molar-refractivity contribution in [2.24, 2.45) is 0 Å². The van der Waals surface area contributed by atoms with Gasteiger partial charge in [0.05, 0.1) is 24.9 Å². The summed E-state index contributed by atoms with van der Waals surface area (Å²) in [5.41, 5.74) is 2.07. The molecule has 0 bridgehead atoms. The number of carbonyl (C=O) groups is 1. The molecule has 2 fully saturated rings. The molecule has 2 aliphatic rings. The van der Waals surface area contributed by atoms with Gasteiger partial charge in [0.1, 0.15) is 11.6 Å². The van der Waals surface area contributed by atoms with E-state index in [2.05, 4.69) is 16.5 Å². The number of nitrogens with zero attached hydrogens (tertiary/aromatic N) is 3. The highest BCUT2D eigenvalue weighted by atomic mass is 16.5. The van der Waals surface area contributed by atoms with Crippen molar-refractivity contribution in [1.82, 2.24) is 14.7 Å². The molecule has 1 aromatic carbocycles. The lowest BCUT2D eigenvalue weighted by molar-refractivity contribution is 0.206. The van der Waals surface area contributed by atoms with Crippen LogP contribution in [-0.2, 0) is 0 Å². The van der Waals surface area contributed by atoms with Gasteiger partial charge in [0.2, 0.25) is 0 Å². The van der Waals surface area contributed by atoms with Gasteiger partial charge in [-0.1, -0.05) is 25.0 Å². The average molecular weight is 368 g/mol. The third kappa shape index (κ3) is 3.66. The number of hydrogen-bond donors (Lipinski definition) is 1. The zero-order valence-corrected chi connectivity index (χ0v) is 16.1. The Hall–Kier alpha value is -2.50. The highest BCUT2D eigenvalue weighted by Crippen LogP contribution is 2.35. The van der Waals surface area contributed by atoms with Gasteiger partial charge in [0, 0.05) is 12.6 Å². The van der Waals surface area contributed by atoms with E-state index in [-0.39, 0.29) is 12.1 Å². The number of urea groups is 1. The van der Waals surface area contributed by atoms with Gasteiger partial charge in [0.25, 0.3) is 0 Å². The Labute approximate surface area is 160 Å². The number of rotatable bonds is 4. The highest BCUT2D eigenvalue weighted by molar-refractivity contribution is 5.89. The van der Waals surface area contributed by atoms with E-state index in [1.165, 1.54) is 12.8 Å². The molecule has 27 heavy (non-hydrogen) atoms. The second-order valence-corrected chi connectivity index (χ2v) is 7.61. The minimum absolute atomic E-state index is 0.0422. The predicted molar refractivity (Wildman–Crippen MR) is 105 cm³/mol. The highest BCUT2D eigenvalue weighted by Gasteiger charge is 2.31. The van der Waals surface area contributed by atoms with Gasteiger partial charge in [-0.25, -0.2) is 9.48 Å². The van der Waals surface area contributed by atoms with E-state index in [9.17, 15) is 4.79 Å². The van der Waals surface area contributed by atoms with Crippen LogP contribution in [0.5, 0.6) is 5.75 Å². The number of likely N-dealkylation sites (tertiary alicyclic amines) is 1. The van der Waals surface area contributed by atoms with Crippen LogP contribution in [0.2, 0.25) is 0 Å². The van der Waals surface area contributed by atoms with Gasteiger partial charge in [0.15, 0.2) is 0 Å². The summed E-state index contributed by atoms with van der Waals surface area (Å²) in [6.07, 6.45) is 6.74. The van der Waals surface area contributed by atoms with Gasteiger partial charge < -0.3 is 9.64 Å². The van der Waals surface area contributed by atoms with E-state index in [0.29, 0.717) is 6.04 Å². The first-order valence-corrected chi connectivity index (χ1v) is 9.93. The molecule has 144 valence electrons. The first kappa shape index (κ1) is 17.9. The Bertz CT molecular complexity index is 810. The minimum atomic E-state index is -0.0422. The number of hydrogen-bond acceptors (Lipinski definition) is 3. The van der Waals surface area contributed by atoms with Crippen LogP contribution >= 0.6 is 0 Å². The topological polar surface area (TPSA) is 59.4 Å². The van der Waals surface area contributed by atoms with Gasteiger partial charge in [-0.15, -0.1) is 0 Å². The first-order chi connectivity index (χ1) is 13.2. The summed E-state index contributed by atoms with van der Waals surface area (Å²) in [6, 6.07) is 10.5. The van der Waals surface area contributed by atoms with Crippen molar-refractivity contribution < 1.29 is 9.53 Å². The fraction of sp³-hybridized carbons (Fsp3) is 0.524. The lowest BCUT2D eigenvalue weighted by atomic mass is 10.0. The van der Waals surface area contributed by atoms with Crippen molar-refractivity contribution in [3.63, 3.8) is 0 Å². The maximum Gasteiger partial charge on any atom is 0.323 e. The molecule has 1 atom stereocenters. The van der Waals surface area contributed by atoms with Crippen LogP contribution in [0.4, 0.5) is 10.6 Å². The molecular weight excluding hydrogens is 340 g/mol. The minimum Gasteiger partial charge on any atom is -0.497 e. The van der Waals surface area contributed by atoms with Crippen molar-refractivity contribution in [1.29, 1.82) is 0 Å². The lowest BCUT2D eigenvalue weighted by Gasteiger charge is -2.26. The third-order valence-electron chi connectivity index (χ3n) is 5.76. The molecule has 2 aromatic rings. The molecule has 1 unspecified atom stereocenters. The zero-order valence-electron chi connectivity index (χ0n) is 16.1. The smallest absolute Gasteiger partial charge is 0.323 e. The number of aromatic nitrogens is 2. The molecule has 2 amide bonds. The monoisotopic (exact) mass is 368 g/mol. The summed E-state index contributed by atoms with van der Waals surface area (Å²) < 4.78 is 7.38. The van der Waals surface area contributed by atoms with Crippen molar-refractivity contribution >= 4 is 11.8 Å². The third-order valence-corrected chi connectivity index (χ3v) is 5.76. The Morgan fingerprint density at radius 2 is 2.00 bits per heavy atom. The summed E-state index contributed by atoms with van der Waals surface area (Å²) in [6.45, 7) is 2.75. The molecule has 1 aliphatic heterocycles. The molecule has 1 saturated heterocycles. The number of methoxy groups -OCH3 is 1. The van der Waals surface area contributed by atoms with Crippen LogP contribution in [0, 0.1) is 6.92 Å². The standard InChI is InChI=1S/C21H28N4O2/c1-15-13-20(25(23-15)17-8-3-4-9-17)22-21(26)24-12-6-11-19(24)16-7-5-10-18(14-16)27-2/h5,7,10,13-14,17,19H,3-4,6,8-9,11-12H2,1-2H3,(H,22,26). The van der Waals surface area contributed by atoms with Crippen molar-refractivity contribution in [2.45, 2.75) is 57.5 Å². The predicted octanol–water partition coefficient (Wildman–Crippen LogP) is 4.68. The largest absolute Gasteiger partial charge is 0.497 e. The number of aryl methyl sites for hydroxylation is 1. The average Bonchev–Trinajstić information content (AvgIpc) is 3.42. The Balaban J connectivity index is 1.52. The van der Waals surface area contributed by atoms with E-state index < -0.39 is 0 Å². The van der Waals surface area contributed by atoms with Crippen molar-refractivity contribution in [3.05, 3.63) is 41.6 Å². The quantitative estimate of drug-likeness (QED) is 0.852. The van der Waals surface area contributed by atoms with Crippen LogP contribution in [0.25, 0.3) is 0 Å². The number of anilines is 1. The summed E-state index contributed by atoms with van der Waals surface area (Å²) in [5.74, 6) is 1.65. The Morgan fingerprint density at radius 3 is 2.78 bits per heavy atom. The zero-order chi connectivity index (χ0) is 18.8. The number of amides is 2. The van der Waals surface area contributed by atoms with Crippen LogP contribution < -0.4 is 10.1 Å². The maximum absolute atomic E-state index is 13.1. The maximum atomic E-state index is 13.1. The van der Waals surface area contributed by atoms with E-state index in [1.807, 2.05) is 40.8 Å². The molecule has 6 heteroatoms. The molecule has 2 heterocycles. The van der Waals surface area contributed by atoms with E-state index >= 15 is 0 Å². The van der Waals surface area contributed by atoms with Gasteiger partial charge in [-0.3, -0.25) is 5.32 Å². The summed E-state index contributed by atoms with van der Waals surface area (Å²) in [5, 5.41) is 7.77. The summed E-state index contributed by atoms with van der Waals surface area (Å²) >= 11 is 0. The lowest BCUT2D eigenvalue weighted by Crippen LogP contribution is -2.35. The number of benzene rings is 1. The summed E-state index contributed by atoms with van der Waals surface area (Å²) in [4.78, 5) is 15.0. The fourth-order valence-corrected chi connectivity index (χ4v) is 4.42. The second-order valence-electron chi connectivity index (χ2n) is 7.61. The van der Waals surface area contributed by atoms with Gasteiger partial charge >= 0.3 is 6.03 Å². The number of carbonyl (C=O) groups excluding carboxylic acids is 1. The van der Waals surface area contributed by atoms with Crippen LogP contribution in [0.1, 0.15) is 61.9 Å². The van der Waals surface area contributed by atoms with E-state index in [1.54, 1.807) is 7.11 Å². The molecular formula is C21H28N4O2. The van der Waals surface area contributed by atoms with Crippen molar-refractivity contribution in [3.8, 4) is 5.75 Å². The molecule has 6 nitrogen and oxygen atoms in total. The van der Waals surface area contributed by atoms with E-state index in [4.69, 9.17) is 4.74 Å². The molecule has 1 N–H and O–H groups in total. The number of ether oxygens (including phenoxy) is 1. The molecule has 4 rings (SSSR count). The van der Waals surface area contributed by atoms with Crippen LogP contribution in [0.15, 0.2) is 30.3 Å². The molecule has 1 aromatic heterocycles. The Kier molecular flexibility index (Phi) is 5.05. The first-order valence-electron chi connectivity index (χ1n) is 9.93. The van der Waals surface area contributed by atoms with Crippen LogP contribution in [0.3, 0.4) is 0 Å². The normalized spacial score (nSPS) is 20.2. The second kappa shape index (κ2) is 7.62. The SMILES string of the molecule is COc1cccc(C2CCCN2C(=O)Nc2cc(C)nn2C2CCCC2)c1. The molecule has 1 saturated carbocycles. The molecule has 1 aliphatic carbocycles. The molecule has 0 radical (unpaired) electrons. The molecule has 0 spiro atoms. The van der Waals surface area contributed by atoms with E-state index in [0.717, 1.165) is 55.1 Å². The number of nitrogens with one attached hydrogen (secondary N) is 1. The van der Waals surface area contributed by atoms with Gasteiger partial charge in [-0.2, -0.15) is 5.10 Å². The van der Waals surface area contributed by atoms with Crippen LogP contribution in [-0.4, -0.2) is 34.4 Å². The Morgan fingerprint density at radius 1 is 1.19 bits per heavy atom.